The van der Waals surface area contributed by atoms with Gasteiger partial charge in [0.2, 0.25) is 0 Å². The summed E-state index contributed by atoms with van der Waals surface area (Å²) < 4.78 is 5.25. The second-order valence-electron chi connectivity index (χ2n) is 6.49. The second-order valence-corrected chi connectivity index (χ2v) is 6.49. The maximum Gasteiger partial charge on any atom is 0.411 e. The molecule has 0 aliphatic carbocycles. The van der Waals surface area contributed by atoms with Gasteiger partial charge in [0.25, 0.3) is 0 Å². The molecule has 0 bridgehead atoms. The molecule has 6 heteroatoms. The summed E-state index contributed by atoms with van der Waals surface area (Å²) in [6.07, 6.45) is -0.577. The first kappa shape index (κ1) is 19.9. The average Bonchev–Trinajstić information content (AvgIpc) is 2.74. The molecule has 0 aliphatic heterocycles. The Balaban J connectivity index is 1.70. The average molecular weight is 390 g/mol. The first-order valence-electron chi connectivity index (χ1n) is 9.16. The van der Waals surface area contributed by atoms with E-state index in [4.69, 9.17) is 4.74 Å². The maximum absolute atomic E-state index is 12.2. The number of carboxylic acids is 1. The van der Waals surface area contributed by atoms with Gasteiger partial charge in [-0.25, -0.2) is 9.59 Å². The number of carboxylic acid groups (broad SMARTS) is 1. The fraction of sp³-hybridized carbons (Fsp3) is 0.130. The van der Waals surface area contributed by atoms with Gasteiger partial charge in [0.05, 0.1) is 0 Å². The van der Waals surface area contributed by atoms with Gasteiger partial charge in [0, 0.05) is 11.4 Å². The number of benzene rings is 3. The third kappa shape index (κ3) is 5.35. The normalized spacial score (nSPS) is 11.3. The molecule has 0 radical (unpaired) electrons. The fourth-order valence-electron chi connectivity index (χ4n) is 2.89. The van der Waals surface area contributed by atoms with Gasteiger partial charge in [-0.1, -0.05) is 66.7 Å². The Bertz CT molecular complexity index is 975. The van der Waals surface area contributed by atoms with Crippen LogP contribution in [0, 0.1) is 6.92 Å². The number of anilines is 2. The molecule has 0 fully saturated rings. The van der Waals surface area contributed by atoms with Crippen LogP contribution in [0.2, 0.25) is 0 Å². The lowest BCUT2D eigenvalue weighted by Gasteiger charge is -2.19. The third-order valence-electron chi connectivity index (χ3n) is 4.46. The zero-order valence-electron chi connectivity index (χ0n) is 16.0. The molecular formula is C23H22N2O4. The molecule has 3 N–H and O–H groups in total. The highest BCUT2D eigenvalue weighted by Gasteiger charge is 2.20. The summed E-state index contributed by atoms with van der Waals surface area (Å²) in [5, 5.41) is 15.4. The van der Waals surface area contributed by atoms with Crippen molar-refractivity contribution < 1.29 is 19.4 Å². The van der Waals surface area contributed by atoms with Gasteiger partial charge < -0.3 is 15.2 Å². The zero-order chi connectivity index (χ0) is 20.6. The number of nitrogens with one attached hydrogen (secondary N) is 2. The van der Waals surface area contributed by atoms with Gasteiger partial charge in [-0.3, -0.25) is 5.32 Å². The molecule has 1 unspecified atom stereocenters. The molecule has 29 heavy (non-hydrogen) atoms. The Hall–Kier alpha value is -3.80. The quantitative estimate of drug-likeness (QED) is 0.529. The molecule has 0 spiro atoms. The van der Waals surface area contributed by atoms with Crippen molar-refractivity contribution in [3.63, 3.8) is 0 Å². The van der Waals surface area contributed by atoms with Crippen LogP contribution in [0.25, 0.3) is 0 Å². The lowest BCUT2D eigenvalue weighted by atomic mass is 10.1. The van der Waals surface area contributed by atoms with Crippen molar-refractivity contribution in [1.29, 1.82) is 0 Å². The van der Waals surface area contributed by atoms with Crippen molar-refractivity contribution in [2.75, 3.05) is 10.6 Å². The molecule has 0 saturated heterocycles. The fourth-order valence-corrected chi connectivity index (χ4v) is 2.89. The first-order valence-corrected chi connectivity index (χ1v) is 9.16. The van der Waals surface area contributed by atoms with Crippen LogP contribution in [0.5, 0.6) is 0 Å². The van der Waals surface area contributed by atoms with E-state index in [1.54, 1.807) is 49.4 Å². The Morgan fingerprint density at radius 2 is 1.52 bits per heavy atom. The van der Waals surface area contributed by atoms with Crippen LogP contribution in [-0.4, -0.2) is 17.2 Å². The molecule has 0 aromatic heterocycles. The van der Waals surface area contributed by atoms with Crippen LogP contribution in [-0.2, 0) is 16.1 Å². The van der Waals surface area contributed by atoms with Gasteiger partial charge in [-0.2, -0.15) is 0 Å². The summed E-state index contributed by atoms with van der Waals surface area (Å²) in [4.78, 5) is 23.9. The van der Waals surface area contributed by atoms with Gasteiger partial charge >= 0.3 is 12.1 Å². The predicted octanol–water partition coefficient (Wildman–Crippen LogP) is 4.98. The number of hydrogen-bond acceptors (Lipinski definition) is 4. The Kier molecular flexibility index (Phi) is 6.47. The van der Waals surface area contributed by atoms with E-state index in [1.165, 1.54) is 0 Å². The molecular weight excluding hydrogens is 368 g/mol. The van der Waals surface area contributed by atoms with Crippen LogP contribution in [0.4, 0.5) is 16.2 Å². The minimum atomic E-state index is -0.990. The van der Waals surface area contributed by atoms with Gasteiger partial charge in [-0.05, 0) is 35.7 Å². The molecule has 1 amide bonds. The Morgan fingerprint density at radius 3 is 2.17 bits per heavy atom. The topological polar surface area (TPSA) is 87.7 Å². The smallest absolute Gasteiger partial charge is 0.411 e. The SMILES string of the molecule is Cc1c(NC(=O)OCc2ccccc2)cccc1NC(C(=O)O)c1ccccc1. The number of hydrogen-bond donors (Lipinski definition) is 3. The zero-order valence-corrected chi connectivity index (χ0v) is 16.0. The lowest BCUT2D eigenvalue weighted by molar-refractivity contribution is -0.138. The molecule has 148 valence electrons. The molecule has 0 saturated carbocycles. The van der Waals surface area contributed by atoms with E-state index in [0.29, 0.717) is 22.5 Å². The van der Waals surface area contributed by atoms with Crippen LogP contribution >= 0.6 is 0 Å². The Morgan fingerprint density at radius 1 is 0.897 bits per heavy atom. The maximum atomic E-state index is 12.2. The molecule has 3 rings (SSSR count). The monoisotopic (exact) mass is 390 g/mol. The van der Waals surface area contributed by atoms with Crippen molar-refractivity contribution >= 4 is 23.4 Å². The van der Waals surface area contributed by atoms with E-state index >= 15 is 0 Å². The van der Waals surface area contributed by atoms with Crippen LogP contribution in [0.15, 0.2) is 78.9 Å². The van der Waals surface area contributed by atoms with E-state index in [1.807, 2.05) is 36.4 Å². The van der Waals surface area contributed by atoms with Crippen molar-refractivity contribution in [1.82, 2.24) is 0 Å². The number of rotatable bonds is 7. The van der Waals surface area contributed by atoms with E-state index in [-0.39, 0.29) is 6.61 Å². The highest BCUT2D eigenvalue weighted by Crippen LogP contribution is 2.27. The van der Waals surface area contributed by atoms with Crippen molar-refractivity contribution in [3.8, 4) is 0 Å². The summed E-state index contributed by atoms with van der Waals surface area (Å²) in [6.45, 7) is 1.97. The van der Waals surface area contributed by atoms with E-state index in [9.17, 15) is 14.7 Å². The van der Waals surface area contributed by atoms with Gasteiger partial charge in [-0.15, -0.1) is 0 Å². The molecule has 0 aliphatic rings. The highest BCUT2D eigenvalue weighted by molar-refractivity contribution is 5.88. The van der Waals surface area contributed by atoms with Crippen molar-refractivity contribution in [3.05, 3.63) is 95.6 Å². The molecule has 3 aromatic rings. The van der Waals surface area contributed by atoms with Crippen LogP contribution in [0.3, 0.4) is 0 Å². The highest BCUT2D eigenvalue weighted by atomic mass is 16.5. The summed E-state index contributed by atoms with van der Waals surface area (Å²) in [5.74, 6) is -0.990. The Labute approximate surface area is 169 Å². The van der Waals surface area contributed by atoms with E-state index in [2.05, 4.69) is 10.6 Å². The van der Waals surface area contributed by atoms with Gasteiger partial charge in [0.15, 0.2) is 6.04 Å². The number of ether oxygens (including phenoxy) is 1. The standard InChI is InChI=1S/C23H22N2O4/c1-16-19(24-21(22(26)27)18-11-6-3-7-12-18)13-8-14-20(16)25-23(28)29-15-17-9-4-2-5-10-17/h2-14,21,24H,15H2,1H3,(H,25,28)(H,26,27). The van der Waals surface area contributed by atoms with E-state index in [0.717, 1.165) is 5.56 Å². The molecule has 0 heterocycles. The minimum Gasteiger partial charge on any atom is -0.479 e. The van der Waals surface area contributed by atoms with Crippen molar-refractivity contribution in [2.24, 2.45) is 0 Å². The second kappa shape index (κ2) is 9.41. The molecule has 1 atom stereocenters. The number of aliphatic carboxylic acids is 1. The number of amides is 1. The molecule has 6 nitrogen and oxygen atoms in total. The number of carbonyl (C=O) groups is 2. The molecule has 3 aromatic carbocycles. The summed E-state index contributed by atoms with van der Waals surface area (Å²) in [7, 11) is 0. The van der Waals surface area contributed by atoms with Gasteiger partial charge in [0.1, 0.15) is 6.61 Å². The first-order chi connectivity index (χ1) is 14.0. The summed E-state index contributed by atoms with van der Waals surface area (Å²) >= 11 is 0. The van der Waals surface area contributed by atoms with Crippen LogP contribution in [0.1, 0.15) is 22.7 Å². The largest absolute Gasteiger partial charge is 0.479 e. The van der Waals surface area contributed by atoms with Crippen molar-refractivity contribution in [2.45, 2.75) is 19.6 Å². The minimum absolute atomic E-state index is 0.165. The summed E-state index contributed by atoms with van der Waals surface area (Å²) in [5.41, 5.74) is 3.40. The van der Waals surface area contributed by atoms with Crippen LogP contribution < -0.4 is 10.6 Å². The summed E-state index contributed by atoms with van der Waals surface area (Å²) in [6, 6.07) is 22.7. The lowest BCUT2D eigenvalue weighted by Crippen LogP contribution is -2.21. The third-order valence-corrected chi connectivity index (χ3v) is 4.46. The number of carbonyl (C=O) groups excluding carboxylic acids is 1. The van der Waals surface area contributed by atoms with E-state index < -0.39 is 18.1 Å². The predicted molar refractivity (Wildman–Crippen MR) is 112 cm³/mol.